The minimum absolute atomic E-state index is 0.0342. The molecule has 26 heavy (non-hydrogen) atoms. The van der Waals surface area contributed by atoms with E-state index in [1.807, 2.05) is 32.1 Å². The van der Waals surface area contributed by atoms with Gasteiger partial charge in [0.15, 0.2) is 5.11 Å². The SMILES string of the molecule is C=C(C)C(C=C/C=C\C)C(=C)NC(=S)Nc1ccc(CCCCC)cc1. The highest BCUT2D eigenvalue weighted by Gasteiger charge is 2.11. The molecule has 0 saturated heterocycles. The topological polar surface area (TPSA) is 24.1 Å². The van der Waals surface area contributed by atoms with E-state index in [2.05, 4.69) is 61.1 Å². The zero-order chi connectivity index (χ0) is 19.4. The molecule has 0 amide bonds. The summed E-state index contributed by atoms with van der Waals surface area (Å²) in [6, 6.07) is 8.46. The summed E-state index contributed by atoms with van der Waals surface area (Å²) in [4.78, 5) is 0. The number of unbranched alkanes of at least 4 members (excludes halogenated alkanes) is 2. The van der Waals surface area contributed by atoms with Gasteiger partial charge in [-0.2, -0.15) is 0 Å². The van der Waals surface area contributed by atoms with E-state index < -0.39 is 0 Å². The van der Waals surface area contributed by atoms with E-state index in [-0.39, 0.29) is 5.92 Å². The summed E-state index contributed by atoms with van der Waals surface area (Å²) in [6.07, 6.45) is 12.9. The van der Waals surface area contributed by atoms with Crippen molar-refractivity contribution >= 4 is 23.0 Å². The first kappa shape index (κ1) is 21.9. The highest BCUT2D eigenvalue weighted by molar-refractivity contribution is 7.80. The van der Waals surface area contributed by atoms with E-state index >= 15 is 0 Å². The largest absolute Gasteiger partial charge is 0.336 e. The first-order chi connectivity index (χ1) is 12.5. The fraction of sp³-hybridized carbons (Fsp3) is 0.348. The van der Waals surface area contributed by atoms with E-state index in [9.17, 15) is 0 Å². The lowest BCUT2D eigenvalue weighted by atomic mass is 9.98. The van der Waals surface area contributed by atoms with Gasteiger partial charge in [-0.05, 0) is 56.6 Å². The van der Waals surface area contributed by atoms with Crippen molar-refractivity contribution in [3.63, 3.8) is 0 Å². The molecule has 0 heterocycles. The molecule has 0 spiro atoms. The van der Waals surface area contributed by atoms with Crippen molar-refractivity contribution in [2.75, 3.05) is 5.32 Å². The van der Waals surface area contributed by atoms with Crippen LogP contribution in [0.3, 0.4) is 0 Å². The van der Waals surface area contributed by atoms with Crippen LogP contribution in [0.25, 0.3) is 0 Å². The Morgan fingerprint density at radius 3 is 2.42 bits per heavy atom. The van der Waals surface area contributed by atoms with Crippen molar-refractivity contribution in [3.8, 4) is 0 Å². The molecule has 0 aromatic heterocycles. The predicted molar refractivity (Wildman–Crippen MR) is 120 cm³/mol. The number of allylic oxidation sites excluding steroid dienone is 4. The van der Waals surface area contributed by atoms with Crippen molar-refractivity contribution in [2.24, 2.45) is 5.92 Å². The second kappa shape index (κ2) is 12.3. The monoisotopic (exact) mass is 368 g/mol. The molecule has 2 N–H and O–H groups in total. The molecule has 2 nitrogen and oxygen atoms in total. The fourth-order valence-corrected chi connectivity index (χ4v) is 2.83. The number of nitrogens with one attached hydrogen (secondary N) is 2. The van der Waals surface area contributed by atoms with Crippen LogP contribution >= 0.6 is 12.2 Å². The summed E-state index contributed by atoms with van der Waals surface area (Å²) in [5, 5.41) is 6.94. The van der Waals surface area contributed by atoms with E-state index in [0.29, 0.717) is 5.11 Å². The third-order valence-electron chi connectivity index (χ3n) is 4.07. The minimum atomic E-state index is 0.0342. The van der Waals surface area contributed by atoms with E-state index in [0.717, 1.165) is 23.4 Å². The number of hydrogen-bond donors (Lipinski definition) is 2. The number of aryl methyl sites for hydroxylation is 1. The van der Waals surface area contributed by atoms with Crippen LogP contribution in [-0.4, -0.2) is 5.11 Å². The number of hydrogen-bond acceptors (Lipinski definition) is 1. The van der Waals surface area contributed by atoms with Gasteiger partial charge in [0, 0.05) is 17.3 Å². The zero-order valence-electron chi connectivity index (χ0n) is 16.3. The molecule has 0 aliphatic heterocycles. The third kappa shape index (κ3) is 8.30. The minimum Gasteiger partial charge on any atom is -0.336 e. The Kier molecular flexibility index (Phi) is 10.3. The van der Waals surface area contributed by atoms with Crippen molar-refractivity contribution in [1.82, 2.24) is 5.32 Å². The fourth-order valence-electron chi connectivity index (χ4n) is 2.58. The summed E-state index contributed by atoms with van der Waals surface area (Å²) >= 11 is 5.42. The maximum atomic E-state index is 5.42. The predicted octanol–water partition coefficient (Wildman–Crippen LogP) is 6.54. The molecule has 1 aromatic rings. The normalized spacial score (nSPS) is 12.3. The summed E-state index contributed by atoms with van der Waals surface area (Å²) < 4.78 is 0. The highest BCUT2D eigenvalue weighted by Crippen LogP contribution is 2.18. The lowest BCUT2D eigenvalue weighted by molar-refractivity contribution is 0.717. The summed E-state index contributed by atoms with van der Waals surface area (Å²) in [5.74, 6) is 0.0342. The van der Waals surface area contributed by atoms with Gasteiger partial charge in [0.2, 0.25) is 0 Å². The summed E-state index contributed by atoms with van der Waals surface area (Å²) in [6.45, 7) is 14.4. The average molecular weight is 369 g/mol. The molecule has 3 heteroatoms. The number of rotatable bonds is 10. The second-order valence-electron chi connectivity index (χ2n) is 6.49. The zero-order valence-corrected chi connectivity index (χ0v) is 17.2. The molecule has 1 atom stereocenters. The lowest BCUT2D eigenvalue weighted by Gasteiger charge is -2.19. The lowest BCUT2D eigenvalue weighted by Crippen LogP contribution is -2.30. The smallest absolute Gasteiger partial charge is 0.175 e. The Bertz CT molecular complexity index is 653. The van der Waals surface area contributed by atoms with Crippen molar-refractivity contribution in [3.05, 3.63) is 78.6 Å². The van der Waals surface area contributed by atoms with Crippen LogP contribution in [0.2, 0.25) is 0 Å². The van der Waals surface area contributed by atoms with E-state index in [1.54, 1.807) is 0 Å². The van der Waals surface area contributed by atoms with Gasteiger partial charge in [-0.15, -0.1) is 0 Å². The van der Waals surface area contributed by atoms with E-state index in [4.69, 9.17) is 12.2 Å². The van der Waals surface area contributed by atoms with Gasteiger partial charge in [-0.25, -0.2) is 0 Å². The maximum absolute atomic E-state index is 5.42. The van der Waals surface area contributed by atoms with Crippen LogP contribution in [0.5, 0.6) is 0 Å². The van der Waals surface area contributed by atoms with Gasteiger partial charge in [0.1, 0.15) is 0 Å². The number of anilines is 1. The Balaban J connectivity index is 2.58. The van der Waals surface area contributed by atoms with Gasteiger partial charge >= 0.3 is 0 Å². The number of benzene rings is 1. The maximum Gasteiger partial charge on any atom is 0.175 e. The van der Waals surface area contributed by atoms with Crippen LogP contribution in [-0.2, 0) is 6.42 Å². The molecule has 0 bridgehead atoms. The summed E-state index contributed by atoms with van der Waals surface area (Å²) in [7, 11) is 0. The van der Waals surface area contributed by atoms with Gasteiger partial charge in [-0.3, -0.25) is 0 Å². The Morgan fingerprint density at radius 1 is 1.15 bits per heavy atom. The van der Waals surface area contributed by atoms with Gasteiger partial charge in [0.25, 0.3) is 0 Å². The van der Waals surface area contributed by atoms with Crippen LogP contribution in [0, 0.1) is 5.92 Å². The molecule has 1 unspecified atom stereocenters. The van der Waals surface area contributed by atoms with Crippen molar-refractivity contribution in [1.29, 1.82) is 0 Å². The quantitative estimate of drug-likeness (QED) is 0.212. The van der Waals surface area contributed by atoms with E-state index in [1.165, 1.54) is 24.8 Å². The van der Waals surface area contributed by atoms with Crippen LogP contribution in [0.1, 0.15) is 45.6 Å². The molecule has 0 aliphatic rings. The number of thiocarbonyl (C=S) groups is 1. The second-order valence-corrected chi connectivity index (χ2v) is 6.90. The van der Waals surface area contributed by atoms with Crippen LogP contribution < -0.4 is 10.6 Å². The van der Waals surface area contributed by atoms with Crippen LogP contribution in [0.15, 0.2) is 73.0 Å². The molecule has 1 rings (SSSR count). The average Bonchev–Trinajstić information content (AvgIpc) is 2.60. The molecule has 0 aliphatic carbocycles. The molecule has 0 radical (unpaired) electrons. The molecular weight excluding hydrogens is 336 g/mol. The van der Waals surface area contributed by atoms with Gasteiger partial charge in [0.05, 0.1) is 0 Å². The standard InChI is InChI=1S/C23H32N2S/c1-6-8-10-12-20-14-16-21(17-15-20)25-23(26)24-19(5)22(18(3)4)13-11-9-7-2/h7,9,11,13-17,22H,3,5-6,8,10,12H2,1-2,4H3,(H2,24,25,26)/b9-7-,13-11?. The highest BCUT2D eigenvalue weighted by atomic mass is 32.1. The van der Waals surface area contributed by atoms with Crippen molar-refractivity contribution < 1.29 is 0 Å². The molecule has 1 aromatic carbocycles. The first-order valence-electron chi connectivity index (χ1n) is 9.28. The molecular formula is C23H32N2S. The first-order valence-corrected chi connectivity index (χ1v) is 9.69. The van der Waals surface area contributed by atoms with Crippen molar-refractivity contribution in [2.45, 2.75) is 46.5 Å². The van der Waals surface area contributed by atoms with Gasteiger partial charge in [-0.1, -0.05) is 74.9 Å². The Labute approximate surface area is 164 Å². The third-order valence-corrected chi connectivity index (χ3v) is 4.27. The van der Waals surface area contributed by atoms with Gasteiger partial charge < -0.3 is 10.6 Å². The Morgan fingerprint density at radius 2 is 1.85 bits per heavy atom. The molecule has 0 fully saturated rings. The van der Waals surface area contributed by atoms with Crippen LogP contribution in [0.4, 0.5) is 5.69 Å². The summed E-state index contributed by atoms with van der Waals surface area (Å²) in [5.41, 5.74) is 4.17. The Hall–Kier alpha value is -2.13. The molecule has 140 valence electrons. The molecule has 0 saturated carbocycles.